The van der Waals surface area contributed by atoms with Crippen LogP contribution in [0.4, 0.5) is 0 Å². The molecule has 20 rings (SSSR count). The van der Waals surface area contributed by atoms with E-state index in [4.69, 9.17) is 0 Å². The van der Waals surface area contributed by atoms with E-state index < -0.39 is 0 Å². The van der Waals surface area contributed by atoms with Gasteiger partial charge < -0.3 is 9.97 Å². The van der Waals surface area contributed by atoms with Crippen molar-refractivity contribution in [1.29, 1.82) is 0 Å². The largest absolute Gasteiger partial charge is 0.322 e. The number of H-pyrrole nitrogens is 7. The van der Waals surface area contributed by atoms with E-state index in [0.29, 0.717) is 61.2 Å². The summed E-state index contributed by atoms with van der Waals surface area (Å²) in [6.07, 6.45) is 3.62. The minimum atomic E-state index is -0.117. The topological polar surface area (TPSA) is 337 Å². The standard InChI is InChI=1S/2C18H16N4OS.C17H15N5OS2.C16H12N4OS2.C15H12N4OS3/c2*1-12-6-8-14(9-7-12)24-11-13-10-17(23)22(21-13)18-19-15-4-2-3-5-16(15)20-18;1-10-7-11(2)19-16(18-10)24-9-12-8-15(23)22(21-12)17-20-13-5-3-4-6-14(13)25-17;21-15-9-11(10-22-14-7-3-4-8-17-14)19-20(15)16-18-12-5-1-2-6-13(12)23-16;1-9-7-16-15(22-9)21-8-10-6-13(20)19(18-10)14-17-11-4-2-3-5-12(11)23-14/h2*2-10,21H,11H2,1H3,(H,19,20);3-8,21H,9H2,1-2H3;1-9,19H,10H2;2-7,18H,8H2,1H3. The van der Waals surface area contributed by atoms with E-state index in [9.17, 15) is 24.0 Å². The van der Waals surface area contributed by atoms with Crippen LogP contribution in [-0.4, -0.2) is 104 Å². The van der Waals surface area contributed by atoms with Crippen molar-refractivity contribution >= 4 is 157 Å². The molecule has 596 valence electrons. The lowest BCUT2D eigenvalue weighted by Crippen LogP contribution is -2.14. The number of thiazole rings is 4. The van der Waals surface area contributed by atoms with Gasteiger partial charge in [0.2, 0.25) is 27.3 Å². The highest BCUT2D eigenvalue weighted by atomic mass is 32.2. The van der Waals surface area contributed by atoms with Gasteiger partial charge in [-0.2, -0.15) is 23.4 Å². The first-order valence-corrected chi connectivity index (χ1v) is 45.1. The van der Waals surface area contributed by atoms with Crippen molar-refractivity contribution in [2.24, 2.45) is 0 Å². The molecule has 0 amide bonds. The van der Waals surface area contributed by atoms with Crippen LogP contribution >= 0.6 is 104 Å². The molecule has 119 heavy (non-hydrogen) atoms. The molecule has 0 saturated heterocycles. The van der Waals surface area contributed by atoms with Crippen LogP contribution in [0, 0.1) is 34.6 Å². The quantitative estimate of drug-likeness (QED) is 0.0275. The van der Waals surface area contributed by atoms with Crippen molar-refractivity contribution in [3.05, 3.63) is 344 Å². The van der Waals surface area contributed by atoms with E-state index in [1.165, 1.54) is 95.0 Å². The summed E-state index contributed by atoms with van der Waals surface area (Å²) >= 11 is 14.2. The van der Waals surface area contributed by atoms with Gasteiger partial charge in [0.15, 0.2) is 5.16 Å². The molecule has 0 spiro atoms. The van der Waals surface area contributed by atoms with Crippen molar-refractivity contribution < 1.29 is 0 Å². The molecule has 0 aliphatic rings. The molecule has 0 aliphatic carbocycles. The highest BCUT2D eigenvalue weighted by Crippen LogP contribution is 2.31. The van der Waals surface area contributed by atoms with E-state index in [2.05, 4.69) is 143 Å². The van der Waals surface area contributed by atoms with Crippen molar-refractivity contribution in [3.63, 3.8) is 0 Å². The third-order valence-corrected chi connectivity index (χ3v) is 26.8. The minimum absolute atomic E-state index is 0.0880. The van der Waals surface area contributed by atoms with Crippen LogP contribution in [0.1, 0.15) is 55.9 Å². The van der Waals surface area contributed by atoms with Crippen molar-refractivity contribution in [2.45, 2.75) is 87.7 Å². The molecule has 13 heterocycles. The fourth-order valence-corrected chi connectivity index (χ4v) is 19.8. The van der Waals surface area contributed by atoms with Crippen molar-refractivity contribution in [1.82, 2.24) is 104 Å². The summed E-state index contributed by atoms with van der Waals surface area (Å²) in [5.41, 5.74) is 14.3. The second-order valence-electron chi connectivity index (χ2n) is 26.7. The first kappa shape index (κ1) is 80.6. The molecule has 0 bridgehead atoms. The Balaban J connectivity index is 0.000000111. The number of para-hydroxylation sites is 7. The van der Waals surface area contributed by atoms with Crippen LogP contribution in [0.3, 0.4) is 0 Å². The zero-order valence-electron chi connectivity index (χ0n) is 64.0. The Morgan fingerprint density at radius 3 is 1.08 bits per heavy atom. The smallest absolute Gasteiger partial charge is 0.274 e. The SMILES string of the molecule is Cc1cc(C)nc(SCc2cc(=O)n(-c3nc4ccccc4s3)[nH]2)n1.Cc1ccc(SCc2cc(=O)n(-c3nc4ccccc4[nH]3)[nH]2)cc1.Cc1ccc(SCc2cc(=O)n(-c3nc4ccccc4[nH]3)[nH]2)cc1.Cc1cnc(SCc2cc(=O)n(-c3nc4ccccc4s3)[nH]2)s1.O=c1cc(CSc2ccccn2)[nH]n1-c1nc2ccccc2s1. The third-order valence-electron chi connectivity index (χ3n) is 17.6. The number of hydrogen-bond donors (Lipinski definition) is 7. The molecule has 20 aromatic rings. The highest BCUT2D eigenvalue weighted by Gasteiger charge is 2.18. The van der Waals surface area contributed by atoms with Gasteiger partial charge >= 0.3 is 0 Å². The van der Waals surface area contributed by atoms with Crippen LogP contribution in [0.25, 0.3) is 80.0 Å². The van der Waals surface area contributed by atoms with Crippen LogP contribution < -0.4 is 27.8 Å². The molecule has 0 radical (unpaired) electrons. The van der Waals surface area contributed by atoms with E-state index in [-0.39, 0.29) is 27.8 Å². The van der Waals surface area contributed by atoms with Gasteiger partial charge in [-0.05, 0) is 138 Å². The average molecular weight is 1740 g/mol. The number of benzene rings is 7. The lowest BCUT2D eigenvalue weighted by atomic mass is 10.2. The monoisotopic (exact) mass is 1740 g/mol. The summed E-state index contributed by atoms with van der Waals surface area (Å²) in [4.78, 5) is 111. The molecule has 13 aromatic heterocycles. The number of hydrogen-bond acceptors (Lipinski definition) is 23. The van der Waals surface area contributed by atoms with Crippen LogP contribution in [0.2, 0.25) is 0 Å². The molecular weight excluding hydrogens is 1670 g/mol. The lowest BCUT2D eigenvalue weighted by molar-refractivity contribution is 0.789. The van der Waals surface area contributed by atoms with Gasteiger partial charge in [-0.1, -0.05) is 160 Å². The zero-order valence-corrected chi connectivity index (χ0v) is 71.4. The van der Waals surface area contributed by atoms with Gasteiger partial charge in [0.1, 0.15) is 4.34 Å². The number of pyridine rings is 1. The molecule has 35 heteroatoms. The van der Waals surface area contributed by atoms with Gasteiger partial charge in [-0.3, -0.25) is 49.5 Å². The Labute approximate surface area is 714 Å². The number of nitrogens with zero attached hydrogens (tertiary/aromatic N) is 14. The normalized spacial score (nSPS) is 11.2. The molecule has 7 N–H and O–H groups in total. The first-order valence-electron chi connectivity index (χ1n) is 36.9. The second kappa shape index (κ2) is 37.2. The number of aryl methyl sites for hydroxylation is 5. The minimum Gasteiger partial charge on any atom is -0.322 e. The Bertz CT molecular complexity index is 6850. The fraction of sp³-hybridized carbons (Fsp3) is 0.119. The molecule has 0 atom stereocenters. The van der Waals surface area contributed by atoms with Crippen LogP contribution in [0.5, 0.6) is 0 Å². The summed E-state index contributed by atoms with van der Waals surface area (Å²) in [6, 6.07) is 71.5. The van der Waals surface area contributed by atoms with Gasteiger partial charge in [0.25, 0.3) is 27.8 Å². The molecular formula is C84H71N21O5S9. The summed E-state index contributed by atoms with van der Waals surface area (Å²) in [7, 11) is 0. The summed E-state index contributed by atoms with van der Waals surface area (Å²) in [5.74, 6) is 4.35. The average Bonchev–Trinajstić information content (AvgIpc) is 1.68. The highest BCUT2D eigenvalue weighted by molar-refractivity contribution is 8.00. The number of thioether (sulfide) groups is 5. The lowest BCUT2D eigenvalue weighted by Gasteiger charge is -2.02. The Morgan fingerprint density at radius 2 is 0.689 bits per heavy atom. The Morgan fingerprint density at radius 1 is 0.328 bits per heavy atom. The van der Waals surface area contributed by atoms with Gasteiger partial charge in [0.05, 0.1) is 57.7 Å². The fourth-order valence-electron chi connectivity index (χ4n) is 11.9. The number of rotatable bonds is 20. The predicted molar refractivity (Wildman–Crippen MR) is 484 cm³/mol. The first-order chi connectivity index (χ1) is 57.9. The molecule has 0 unspecified atom stereocenters. The van der Waals surface area contributed by atoms with E-state index in [1.807, 2.05) is 173 Å². The maximum atomic E-state index is 12.3. The molecule has 0 aliphatic heterocycles. The molecule has 26 nitrogen and oxygen atoms in total. The summed E-state index contributed by atoms with van der Waals surface area (Å²) in [6.45, 7) is 10.1. The number of aromatic amines is 7. The summed E-state index contributed by atoms with van der Waals surface area (Å²) < 4.78 is 11.6. The van der Waals surface area contributed by atoms with E-state index in [1.54, 1.807) is 94.9 Å². The van der Waals surface area contributed by atoms with Crippen LogP contribution in [0.15, 0.2) is 285 Å². The Hall–Kier alpha value is -12.2. The maximum Gasteiger partial charge on any atom is 0.274 e. The van der Waals surface area contributed by atoms with Crippen LogP contribution in [-0.2, 0) is 28.8 Å². The van der Waals surface area contributed by atoms with Crippen molar-refractivity contribution in [3.8, 4) is 27.3 Å². The molecule has 7 aromatic carbocycles. The number of aromatic nitrogens is 21. The predicted octanol–water partition coefficient (Wildman–Crippen LogP) is 18.1. The third kappa shape index (κ3) is 20.3. The molecule has 0 fully saturated rings. The van der Waals surface area contributed by atoms with E-state index >= 15 is 0 Å². The second-order valence-corrected chi connectivity index (χ2v) is 36.3. The zero-order chi connectivity index (χ0) is 81.9. The van der Waals surface area contributed by atoms with Gasteiger partial charge in [0, 0.05) is 126 Å². The van der Waals surface area contributed by atoms with E-state index in [0.717, 1.165) is 102 Å². The molecule has 0 saturated carbocycles. The number of fused-ring (bicyclic) bond motifs is 5. The number of imidazole rings is 2. The van der Waals surface area contributed by atoms with Gasteiger partial charge in [-0.25, -0.2) is 44.9 Å². The Kier molecular flexibility index (Phi) is 25.2. The van der Waals surface area contributed by atoms with Crippen molar-refractivity contribution in [2.75, 3.05) is 0 Å². The summed E-state index contributed by atoms with van der Waals surface area (Å²) in [5, 5.41) is 19.3. The maximum absolute atomic E-state index is 12.3. The van der Waals surface area contributed by atoms with Gasteiger partial charge in [-0.15, -0.1) is 46.6 Å². The number of nitrogens with one attached hydrogen (secondary N) is 7.